The molecular weight excluding hydrogens is 488 g/mol. The maximum Gasteiger partial charge on any atom is 0.223 e. The topological polar surface area (TPSA) is 32.8 Å². The molecule has 2 aromatic carbocycles. The number of hydrogen-bond donors (Lipinski definition) is 0. The number of amides is 1. The Hall–Kier alpha value is -2.34. The molecule has 1 atom stereocenters. The fourth-order valence-corrected chi connectivity index (χ4v) is 6.24. The second-order valence-corrected chi connectivity index (χ2v) is 12.2. The van der Waals surface area contributed by atoms with Crippen LogP contribution in [0.3, 0.4) is 0 Å². The normalized spacial score (nSPS) is 18.2. The van der Waals surface area contributed by atoms with E-state index in [9.17, 15) is 4.79 Å². The molecule has 4 nitrogen and oxygen atoms in total. The molecule has 1 amide bonds. The quantitative estimate of drug-likeness (QED) is 0.301. The van der Waals surface area contributed by atoms with Crippen LogP contribution >= 0.6 is 22.9 Å². The fourth-order valence-electron chi connectivity index (χ4n) is 5.18. The van der Waals surface area contributed by atoms with Crippen molar-refractivity contribution in [3.8, 4) is 5.75 Å². The van der Waals surface area contributed by atoms with Crippen molar-refractivity contribution >= 4 is 28.8 Å². The number of benzene rings is 2. The minimum atomic E-state index is -0.243. The Morgan fingerprint density at radius 2 is 1.92 bits per heavy atom. The number of ether oxygens (including phenoxy) is 1. The molecule has 1 aromatic heterocycles. The SMILES string of the molecule is Cc1cc(CN2CCCC(COc3ccc(Cl)c(C)c3)(CC(=O)N(C)Cc3ccccc3)C2)c(C)s1. The number of nitrogens with zero attached hydrogens (tertiary/aromatic N) is 2. The average molecular weight is 525 g/mol. The minimum Gasteiger partial charge on any atom is -0.493 e. The summed E-state index contributed by atoms with van der Waals surface area (Å²) >= 11 is 8.09. The van der Waals surface area contributed by atoms with E-state index in [1.54, 1.807) is 0 Å². The van der Waals surface area contributed by atoms with Gasteiger partial charge in [-0.25, -0.2) is 0 Å². The van der Waals surface area contributed by atoms with Crippen LogP contribution in [0.15, 0.2) is 54.6 Å². The molecule has 0 radical (unpaired) electrons. The van der Waals surface area contributed by atoms with E-state index in [2.05, 4.69) is 36.9 Å². The third-order valence-electron chi connectivity index (χ3n) is 7.17. The largest absolute Gasteiger partial charge is 0.493 e. The van der Waals surface area contributed by atoms with Gasteiger partial charge in [-0.15, -0.1) is 11.3 Å². The van der Waals surface area contributed by atoms with Crippen molar-refractivity contribution in [2.45, 2.75) is 53.1 Å². The maximum atomic E-state index is 13.5. The summed E-state index contributed by atoms with van der Waals surface area (Å²) in [5.74, 6) is 0.974. The zero-order chi connectivity index (χ0) is 25.7. The van der Waals surface area contributed by atoms with Crippen LogP contribution in [0.5, 0.6) is 5.75 Å². The first kappa shape index (κ1) is 26.7. The third-order valence-corrected chi connectivity index (χ3v) is 8.60. The van der Waals surface area contributed by atoms with E-state index in [0.717, 1.165) is 54.4 Å². The number of carbonyl (C=O) groups excluding carboxylic acids is 1. The lowest BCUT2D eigenvalue weighted by Crippen LogP contribution is -2.48. The van der Waals surface area contributed by atoms with Gasteiger partial charge in [0.05, 0.1) is 6.61 Å². The van der Waals surface area contributed by atoms with Crippen LogP contribution in [0.2, 0.25) is 5.02 Å². The van der Waals surface area contributed by atoms with Crippen molar-refractivity contribution < 1.29 is 9.53 Å². The molecule has 1 fully saturated rings. The lowest BCUT2D eigenvalue weighted by molar-refractivity contribution is -0.135. The summed E-state index contributed by atoms with van der Waals surface area (Å²) in [7, 11) is 1.91. The molecule has 6 heteroatoms. The maximum absolute atomic E-state index is 13.5. The number of aryl methyl sites for hydroxylation is 3. The zero-order valence-corrected chi connectivity index (χ0v) is 23.4. The zero-order valence-electron chi connectivity index (χ0n) is 21.9. The molecule has 4 rings (SSSR count). The molecule has 0 saturated carbocycles. The smallest absolute Gasteiger partial charge is 0.223 e. The molecule has 0 spiro atoms. The van der Waals surface area contributed by atoms with Gasteiger partial charge in [0.1, 0.15) is 5.75 Å². The van der Waals surface area contributed by atoms with Gasteiger partial charge in [-0.2, -0.15) is 0 Å². The van der Waals surface area contributed by atoms with Crippen molar-refractivity contribution in [2.75, 3.05) is 26.7 Å². The van der Waals surface area contributed by atoms with E-state index in [-0.39, 0.29) is 11.3 Å². The Labute approximate surface area is 224 Å². The summed E-state index contributed by atoms with van der Waals surface area (Å²) in [6.07, 6.45) is 2.50. The number of hydrogen-bond acceptors (Lipinski definition) is 4. The van der Waals surface area contributed by atoms with Gasteiger partial charge in [-0.05, 0) is 81.1 Å². The number of halogens is 1. The summed E-state index contributed by atoms with van der Waals surface area (Å²) < 4.78 is 6.36. The highest BCUT2D eigenvalue weighted by atomic mass is 35.5. The van der Waals surface area contributed by atoms with Crippen LogP contribution in [-0.4, -0.2) is 42.5 Å². The highest BCUT2D eigenvalue weighted by Crippen LogP contribution is 2.37. The average Bonchev–Trinajstić information content (AvgIpc) is 3.17. The number of piperidine rings is 1. The van der Waals surface area contributed by atoms with Gasteiger partial charge >= 0.3 is 0 Å². The molecule has 3 aromatic rings. The Bertz CT molecular complexity index is 1180. The lowest BCUT2D eigenvalue weighted by Gasteiger charge is -2.43. The number of thiophene rings is 1. The van der Waals surface area contributed by atoms with Gasteiger partial charge in [-0.3, -0.25) is 9.69 Å². The standard InChI is InChI=1S/C30H37ClN2O2S/c1-22-15-27(11-12-28(22)31)35-21-30(17-29(34)32(4)18-25-9-6-5-7-10-25)13-8-14-33(20-30)19-26-16-23(2)36-24(26)3/h5-7,9-12,15-16H,8,13-14,17-21H2,1-4H3. The van der Waals surface area contributed by atoms with Crippen molar-refractivity contribution in [2.24, 2.45) is 5.41 Å². The number of likely N-dealkylation sites (tertiary alicyclic amines) is 1. The lowest BCUT2D eigenvalue weighted by atomic mass is 9.77. The van der Waals surface area contributed by atoms with Crippen LogP contribution in [0, 0.1) is 26.2 Å². The second kappa shape index (κ2) is 11.8. The second-order valence-electron chi connectivity index (χ2n) is 10.4. The van der Waals surface area contributed by atoms with Crippen LogP contribution in [0.4, 0.5) is 0 Å². The molecule has 1 saturated heterocycles. The Morgan fingerprint density at radius 3 is 2.61 bits per heavy atom. The van der Waals surface area contributed by atoms with E-state index in [1.165, 1.54) is 15.3 Å². The molecule has 1 unspecified atom stereocenters. The van der Waals surface area contributed by atoms with E-state index in [1.807, 2.05) is 66.6 Å². The predicted molar refractivity (Wildman–Crippen MR) is 150 cm³/mol. The van der Waals surface area contributed by atoms with Crippen molar-refractivity contribution in [1.29, 1.82) is 0 Å². The molecule has 0 N–H and O–H groups in total. The summed E-state index contributed by atoms with van der Waals surface area (Å²) in [6.45, 7) is 10.3. The summed E-state index contributed by atoms with van der Waals surface area (Å²) in [5.41, 5.74) is 3.29. The summed E-state index contributed by atoms with van der Waals surface area (Å²) in [4.78, 5) is 20.6. The van der Waals surface area contributed by atoms with Crippen molar-refractivity contribution in [3.05, 3.63) is 86.1 Å². The van der Waals surface area contributed by atoms with Crippen LogP contribution in [0.1, 0.15) is 45.7 Å². The van der Waals surface area contributed by atoms with Crippen LogP contribution in [0.25, 0.3) is 0 Å². The molecule has 36 heavy (non-hydrogen) atoms. The van der Waals surface area contributed by atoms with Crippen LogP contribution < -0.4 is 4.74 Å². The van der Waals surface area contributed by atoms with Crippen molar-refractivity contribution in [3.63, 3.8) is 0 Å². The third kappa shape index (κ3) is 6.90. The minimum absolute atomic E-state index is 0.166. The molecular formula is C30H37ClN2O2S. The molecule has 192 valence electrons. The van der Waals surface area contributed by atoms with E-state index in [4.69, 9.17) is 16.3 Å². The first-order valence-electron chi connectivity index (χ1n) is 12.7. The summed E-state index contributed by atoms with van der Waals surface area (Å²) in [6, 6.07) is 18.3. The Balaban J connectivity index is 1.51. The van der Waals surface area contributed by atoms with Gasteiger partial charge in [0.25, 0.3) is 0 Å². The van der Waals surface area contributed by atoms with E-state index < -0.39 is 0 Å². The highest BCUT2D eigenvalue weighted by molar-refractivity contribution is 7.12. The van der Waals surface area contributed by atoms with Crippen molar-refractivity contribution in [1.82, 2.24) is 9.80 Å². The van der Waals surface area contributed by atoms with Crippen LogP contribution in [-0.2, 0) is 17.9 Å². The monoisotopic (exact) mass is 524 g/mol. The molecule has 1 aliphatic rings. The van der Waals surface area contributed by atoms with Gasteiger partial charge < -0.3 is 9.64 Å². The molecule has 0 aliphatic carbocycles. The van der Waals surface area contributed by atoms with Gasteiger partial charge in [0, 0.05) is 53.3 Å². The highest BCUT2D eigenvalue weighted by Gasteiger charge is 2.39. The molecule has 2 heterocycles. The Kier molecular flexibility index (Phi) is 8.76. The van der Waals surface area contributed by atoms with E-state index >= 15 is 0 Å². The number of rotatable bonds is 9. The molecule has 1 aliphatic heterocycles. The first-order valence-corrected chi connectivity index (χ1v) is 13.9. The van der Waals surface area contributed by atoms with Gasteiger partial charge in [0.2, 0.25) is 5.91 Å². The van der Waals surface area contributed by atoms with Gasteiger partial charge in [0.15, 0.2) is 0 Å². The van der Waals surface area contributed by atoms with Gasteiger partial charge in [-0.1, -0.05) is 41.9 Å². The summed E-state index contributed by atoms with van der Waals surface area (Å²) in [5, 5.41) is 0.736. The first-order chi connectivity index (χ1) is 17.2. The molecule has 0 bridgehead atoms. The Morgan fingerprint density at radius 1 is 1.14 bits per heavy atom. The van der Waals surface area contributed by atoms with E-state index in [0.29, 0.717) is 19.6 Å². The predicted octanol–water partition coefficient (Wildman–Crippen LogP) is 7.04. The number of carbonyl (C=O) groups is 1. The fraction of sp³-hybridized carbons (Fsp3) is 0.433.